The van der Waals surface area contributed by atoms with Crippen molar-refractivity contribution < 1.29 is 8.42 Å². The van der Waals surface area contributed by atoms with Gasteiger partial charge >= 0.3 is 0 Å². The van der Waals surface area contributed by atoms with E-state index in [1.807, 2.05) is 7.05 Å². The van der Waals surface area contributed by atoms with E-state index < -0.39 is 10.0 Å². The van der Waals surface area contributed by atoms with Gasteiger partial charge in [0.25, 0.3) is 0 Å². The molecule has 1 atom stereocenters. The van der Waals surface area contributed by atoms with Crippen molar-refractivity contribution in [2.45, 2.75) is 17.7 Å². The monoisotopic (exact) mass is 424 g/mol. The summed E-state index contributed by atoms with van der Waals surface area (Å²) in [5.74, 6) is 0.387. The molecule has 1 saturated heterocycles. The van der Waals surface area contributed by atoms with E-state index in [0.717, 1.165) is 23.9 Å². The Kier molecular flexibility index (Phi) is 5.64. The summed E-state index contributed by atoms with van der Waals surface area (Å²) in [6.45, 7) is 2.05. The molecule has 0 amide bonds. The molecular weight excluding hydrogens is 408 g/mol. The Morgan fingerprint density at radius 2 is 2.15 bits per heavy atom. The van der Waals surface area contributed by atoms with Crippen molar-refractivity contribution >= 4 is 41.9 Å². The van der Waals surface area contributed by atoms with E-state index in [1.165, 1.54) is 0 Å². The van der Waals surface area contributed by atoms with Crippen LogP contribution in [0.5, 0.6) is 0 Å². The predicted octanol–water partition coefficient (Wildman–Crippen LogP) is 2.83. The van der Waals surface area contributed by atoms with Crippen LogP contribution in [0.1, 0.15) is 12.8 Å². The molecular formula is C13H18Br2N2O2S. The summed E-state index contributed by atoms with van der Waals surface area (Å²) in [7, 11) is -1.52. The number of halogens is 2. The first kappa shape index (κ1) is 16.4. The van der Waals surface area contributed by atoms with Crippen molar-refractivity contribution in [3.8, 4) is 0 Å². The lowest BCUT2D eigenvalue weighted by molar-refractivity contribution is 0.263. The summed E-state index contributed by atoms with van der Waals surface area (Å²) in [5, 5.41) is 3.13. The highest BCUT2D eigenvalue weighted by atomic mass is 79.9. The summed E-state index contributed by atoms with van der Waals surface area (Å²) >= 11 is 6.69. The van der Waals surface area contributed by atoms with E-state index in [2.05, 4.69) is 37.2 Å². The second kappa shape index (κ2) is 6.87. The Morgan fingerprint density at radius 1 is 1.40 bits per heavy atom. The largest absolute Gasteiger partial charge is 0.319 e. The van der Waals surface area contributed by atoms with Gasteiger partial charge in [0.05, 0.1) is 4.90 Å². The molecule has 7 heteroatoms. The summed E-state index contributed by atoms with van der Waals surface area (Å²) in [6, 6.07) is 5.17. The molecule has 1 aliphatic rings. The van der Waals surface area contributed by atoms with E-state index >= 15 is 0 Å². The average Bonchev–Trinajstić information content (AvgIpc) is 2.39. The van der Waals surface area contributed by atoms with E-state index in [4.69, 9.17) is 0 Å². The summed E-state index contributed by atoms with van der Waals surface area (Å²) in [5.41, 5.74) is 0. The summed E-state index contributed by atoms with van der Waals surface area (Å²) in [6.07, 6.45) is 1.99. The van der Waals surface area contributed by atoms with Gasteiger partial charge in [-0.15, -0.1) is 0 Å². The fraction of sp³-hybridized carbons (Fsp3) is 0.538. The number of sulfonamides is 1. The molecule has 0 aromatic heterocycles. The quantitative estimate of drug-likeness (QED) is 0.806. The van der Waals surface area contributed by atoms with Crippen molar-refractivity contribution in [2.24, 2.45) is 5.92 Å². The van der Waals surface area contributed by atoms with Crippen LogP contribution < -0.4 is 5.32 Å². The van der Waals surface area contributed by atoms with Crippen LogP contribution in [0.25, 0.3) is 0 Å². The summed E-state index contributed by atoms with van der Waals surface area (Å²) in [4.78, 5) is 0.339. The van der Waals surface area contributed by atoms with Crippen LogP contribution in [0, 0.1) is 5.92 Å². The zero-order valence-electron chi connectivity index (χ0n) is 11.3. The van der Waals surface area contributed by atoms with Gasteiger partial charge in [0, 0.05) is 22.0 Å². The Labute approximate surface area is 137 Å². The molecule has 0 bridgehead atoms. The topological polar surface area (TPSA) is 49.4 Å². The number of hydrogen-bond acceptors (Lipinski definition) is 3. The normalized spacial score (nSPS) is 21.1. The maximum Gasteiger partial charge on any atom is 0.244 e. The molecule has 0 spiro atoms. The zero-order chi connectivity index (χ0) is 14.8. The number of benzene rings is 1. The summed E-state index contributed by atoms with van der Waals surface area (Å²) < 4.78 is 28.5. The molecule has 1 aliphatic heterocycles. The molecule has 0 saturated carbocycles. The minimum atomic E-state index is -3.42. The highest BCUT2D eigenvalue weighted by Gasteiger charge is 2.31. The van der Waals surface area contributed by atoms with Gasteiger partial charge in [-0.25, -0.2) is 8.42 Å². The van der Waals surface area contributed by atoms with Gasteiger partial charge in [-0.05, 0) is 66.5 Å². The van der Waals surface area contributed by atoms with Crippen LogP contribution in [0.3, 0.4) is 0 Å². The first-order valence-electron chi connectivity index (χ1n) is 6.55. The SMILES string of the molecule is CNCC1CCCN(S(=O)(=O)c2ccc(Br)cc2Br)C1. The lowest BCUT2D eigenvalue weighted by atomic mass is 10.00. The molecule has 1 unspecified atom stereocenters. The number of nitrogens with one attached hydrogen (secondary N) is 1. The molecule has 1 aromatic rings. The third kappa shape index (κ3) is 3.62. The van der Waals surface area contributed by atoms with Gasteiger partial charge in [0.15, 0.2) is 0 Å². The maximum atomic E-state index is 12.7. The lowest BCUT2D eigenvalue weighted by Gasteiger charge is -2.32. The van der Waals surface area contributed by atoms with Crippen LogP contribution >= 0.6 is 31.9 Å². The second-order valence-electron chi connectivity index (χ2n) is 5.00. The molecule has 4 nitrogen and oxygen atoms in total. The second-order valence-corrected chi connectivity index (χ2v) is 8.68. The maximum absolute atomic E-state index is 12.7. The fourth-order valence-electron chi connectivity index (χ4n) is 2.52. The minimum absolute atomic E-state index is 0.339. The van der Waals surface area contributed by atoms with Crippen molar-refractivity contribution in [3.63, 3.8) is 0 Å². The Hall–Kier alpha value is 0.0500. The van der Waals surface area contributed by atoms with E-state index in [0.29, 0.717) is 28.4 Å². The molecule has 2 rings (SSSR count). The van der Waals surface area contributed by atoms with Crippen molar-refractivity contribution in [2.75, 3.05) is 26.7 Å². The zero-order valence-corrected chi connectivity index (χ0v) is 15.3. The van der Waals surface area contributed by atoms with Crippen LogP contribution in [-0.2, 0) is 10.0 Å². The molecule has 1 fully saturated rings. The van der Waals surface area contributed by atoms with E-state index in [1.54, 1.807) is 22.5 Å². The van der Waals surface area contributed by atoms with Crippen LogP contribution in [0.2, 0.25) is 0 Å². The molecule has 0 aliphatic carbocycles. The van der Waals surface area contributed by atoms with Crippen molar-refractivity contribution in [1.29, 1.82) is 0 Å². The van der Waals surface area contributed by atoms with Gasteiger partial charge in [0.1, 0.15) is 0 Å². The fourth-order valence-corrected chi connectivity index (χ4v) is 5.78. The standard InChI is InChI=1S/C13H18Br2N2O2S/c1-16-8-10-3-2-6-17(9-10)20(18,19)13-5-4-11(14)7-12(13)15/h4-5,7,10,16H,2-3,6,8-9H2,1H3. The smallest absolute Gasteiger partial charge is 0.244 e. The highest BCUT2D eigenvalue weighted by molar-refractivity contribution is 9.11. The minimum Gasteiger partial charge on any atom is -0.319 e. The Morgan fingerprint density at radius 3 is 2.80 bits per heavy atom. The van der Waals surface area contributed by atoms with Crippen LogP contribution in [0.4, 0.5) is 0 Å². The Balaban J connectivity index is 2.25. The number of piperidine rings is 1. The number of nitrogens with zero attached hydrogens (tertiary/aromatic N) is 1. The van der Waals surface area contributed by atoms with Gasteiger partial charge in [0.2, 0.25) is 10.0 Å². The van der Waals surface area contributed by atoms with Gasteiger partial charge in [-0.1, -0.05) is 15.9 Å². The molecule has 1 aromatic carbocycles. The number of hydrogen-bond donors (Lipinski definition) is 1. The third-order valence-electron chi connectivity index (χ3n) is 3.49. The molecule has 1 N–H and O–H groups in total. The highest BCUT2D eigenvalue weighted by Crippen LogP contribution is 2.30. The van der Waals surface area contributed by atoms with Gasteiger partial charge in [-0.3, -0.25) is 0 Å². The first-order valence-corrected chi connectivity index (χ1v) is 9.57. The van der Waals surface area contributed by atoms with E-state index in [-0.39, 0.29) is 0 Å². The van der Waals surface area contributed by atoms with Gasteiger partial charge in [-0.2, -0.15) is 4.31 Å². The first-order chi connectivity index (χ1) is 9.45. The van der Waals surface area contributed by atoms with Crippen LogP contribution in [0.15, 0.2) is 32.0 Å². The van der Waals surface area contributed by atoms with E-state index in [9.17, 15) is 8.42 Å². The Bertz CT molecular complexity index is 576. The van der Waals surface area contributed by atoms with Crippen molar-refractivity contribution in [3.05, 3.63) is 27.1 Å². The predicted molar refractivity (Wildman–Crippen MR) is 87.3 cm³/mol. The molecule has 20 heavy (non-hydrogen) atoms. The molecule has 0 radical (unpaired) electrons. The molecule has 112 valence electrons. The molecule has 1 heterocycles. The average molecular weight is 426 g/mol. The van der Waals surface area contributed by atoms with Gasteiger partial charge < -0.3 is 5.32 Å². The van der Waals surface area contributed by atoms with Crippen LogP contribution in [-0.4, -0.2) is 39.4 Å². The lowest BCUT2D eigenvalue weighted by Crippen LogP contribution is -2.42. The van der Waals surface area contributed by atoms with Crippen molar-refractivity contribution in [1.82, 2.24) is 9.62 Å². The third-order valence-corrected chi connectivity index (χ3v) is 6.82. The number of rotatable bonds is 4.